The van der Waals surface area contributed by atoms with E-state index in [2.05, 4.69) is 4.84 Å². The van der Waals surface area contributed by atoms with Crippen LogP contribution in [-0.2, 0) is 9.63 Å². The van der Waals surface area contributed by atoms with E-state index >= 15 is 0 Å². The van der Waals surface area contributed by atoms with Crippen LogP contribution in [0.15, 0.2) is 0 Å². The van der Waals surface area contributed by atoms with E-state index in [1.54, 1.807) is 0 Å². The molecule has 0 amide bonds. The number of hydrogen-bond acceptors (Lipinski definition) is 3. The molecule has 4 N–H and O–H groups in total. The highest BCUT2D eigenvalue weighted by Crippen LogP contribution is 1.64. The number of hydroxylamine groups is 1. The summed E-state index contributed by atoms with van der Waals surface area (Å²) in [7, 11) is 0. The minimum Gasteiger partial charge on any atom is -0.368 e. The van der Waals surface area contributed by atoms with Crippen molar-refractivity contribution in [3.05, 3.63) is 0 Å². The number of hydrogen-bond donors (Lipinski definition) is 3. The van der Waals surface area contributed by atoms with Crippen LogP contribution in [0.3, 0.4) is 0 Å². The zero-order valence-electron chi connectivity index (χ0n) is 5.39. The number of guanidine groups is 1. The van der Waals surface area contributed by atoms with Gasteiger partial charge in [-0.05, 0) is 0 Å². The Morgan fingerprint density at radius 2 is 2.50 bits per heavy atom. The molecule has 0 rings (SSSR count). The molecule has 5 nitrogen and oxygen atoms in total. The first-order valence-corrected chi connectivity index (χ1v) is 1.90. The molecular formula is C3H8N3O2+. The van der Waals surface area contributed by atoms with Crippen molar-refractivity contribution in [3.8, 4) is 0 Å². The average molecular weight is 118 g/mol. The minimum atomic E-state index is -0.528. The first kappa shape index (κ1) is 6.74. The summed E-state index contributed by atoms with van der Waals surface area (Å²) in [6, 6.07) is 0. The SMILES string of the molecule is CC(=O)ONC(=N)N.[H+]. The first-order valence-electron chi connectivity index (χ1n) is 1.90. The van der Waals surface area contributed by atoms with Crippen molar-refractivity contribution in [2.45, 2.75) is 6.92 Å². The Kier molecular flexibility index (Phi) is 2.39. The zero-order chi connectivity index (χ0) is 6.57. The van der Waals surface area contributed by atoms with E-state index in [0.29, 0.717) is 0 Å². The smallest absolute Gasteiger partial charge is 0.368 e. The van der Waals surface area contributed by atoms with Crippen molar-refractivity contribution in [1.29, 1.82) is 5.41 Å². The molecule has 0 aromatic heterocycles. The van der Waals surface area contributed by atoms with Crippen molar-refractivity contribution >= 4 is 11.9 Å². The van der Waals surface area contributed by atoms with Crippen LogP contribution in [0.2, 0.25) is 0 Å². The fraction of sp³-hybridized carbons (Fsp3) is 0.333. The lowest BCUT2D eigenvalue weighted by Crippen LogP contribution is -2.31. The van der Waals surface area contributed by atoms with Crippen molar-refractivity contribution in [2.24, 2.45) is 5.73 Å². The Bertz CT molecular complexity index is 102. The van der Waals surface area contributed by atoms with Gasteiger partial charge in [0.25, 0.3) is 0 Å². The molecular weight excluding hydrogens is 110 g/mol. The lowest BCUT2D eigenvalue weighted by atomic mass is 10.8. The molecule has 0 aromatic rings. The third-order valence-corrected chi connectivity index (χ3v) is 0.305. The van der Waals surface area contributed by atoms with Crippen LogP contribution in [0, 0.1) is 5.41 Å². The molecule has 8 heavy (non-hydrogen) atoms. The topological polar surface area (TPSA) is 88.2 Å². The van der Waals surface area contributed by atoms with Gasteiger partial charge in [-0.25, -0.2) is 0 Å². The van der Waals surface area contributed by atoms with Crippen molar-refractivity contribution in [3.63, 3.8) is 0 Å². The third-order valence-electron chi connectivity index (χ3n) is 0.305. The van der Waals surface area contributed by atoms with Gasteiger partial charge in [0, 0.05) is 6.92 Å². The lowest BCUT2D eigenvalue weighted by molar-refractivity contribution is -0.145. The van der Waals surface area contributed by atoms with E-state index in [1.165, 1.54) is 6.92 Å². The molecule has 0 atom stereocenters. The van der Waals surface area contributed by atoms with Gasteiger partial charge in [-0.1, -0.05) is 0 Å². The van der Waals surface area contributed by atoms with Crippen molar-refractivity contribution < 1.29 is 11.1 Å². The van der Waals surface area contributed by atoms with Gasteiger partial charge in [0.1, 0.15) is 0 Å². The molecule has 0 fully saturated rings. The van der Waals surface area contributed by atoms with Crippen LogP contribution in [0.25, 0.3) is 0 Å². The summed E-state index contributed by atoms with van der Waals surface area (Å²) in [5, 5.41) is 6.48. The van der Waals surface area contributed by atoms with Crippen LogP contribution in [0.1, 0.15) is 8.35 Å². The van der Waals surface area contributed by atoms with E-state index in [-0.39, 0.29) is 7.39 Å². The van der Waals surface area contributed by atoms with Gasteiger partial charge in [-0.2, -0.15) is 5.48 Å². The Balaban J connectivity index is 0. The largest absolute Gasteiger partial charge is 1.00 e. The Labute approximate surface area is 47.8 Å². The molecule has 0 aliphatic carbocycles. The summed E-state index contributed by atoms with van der Waals surface area (Å²) in [4.78, 5) is 14.0. The van der Waals surface area contributed by atoms with Gasteiger partial charge in [0.05, 0.1) is 0 Å². The molecule has 0 spiro atoms. The Morgan fingerprint density at radius 3 is 2.62 bits per heavy atom. The van der Waals surface area contributed by atoms with Crippen LogP contribution < -0.4 is 11.2 Å². The summed E-state index contributed by atoms with van der Waals surface area (Å²) in [5.74, 6) is -0.916. The van der Waals surface area contributed by atoms with E-state index < -0.39 is 5.97 Å². The first-order chi connectivity index (χ1) is 3.63. The molecule has 0 saturated heterocycles. The molecule has 0 unspecified atom stereocenters. The number of carbonyl (C=O) groups excluding carboxylic acids is 1. The summed E-state index contributed by atoms with van der Waals surface area (Å²) in [6.07, 6.45) is 0. The fourth-order valence-corrected chi connectivity index (χ4v) is 0.127. The number of nitrogens with one attached hydrogen (secondary N) is 2. The highest BCUT2D eigenvalue weighted by atomic mass is 16.7. The molecule has 5 heteroatoms. The standard InChI is InChI=1S/C3H7N3O2/c1-2(7)8-6-3(4)5/h1H3,(H4,4,5,6)/p+1. The molecule has 0 aliphatic rings. The molecule has 0 heterocycles. The quantitative estimate of drug-likeness (QED) is 0.217. The summed E-state index contributed by atoms with van der Waals surface area (Å²) in [5.41, 5.74) is 6.59. The second kappa shape index (κ2) is 2.84. The molecule has 0 saturated carbocycles. The molecule has 0 radical (unpaired) electrons. The second-order valence-electron chi connectivity index (χ2n) is 1.11. The number of nitrogens with two attached hydrogens (primary N) is 1. The Hall–Kier alpha value is -1.26. The number of carbonyl (C=O) groups is 1. The molecule has 0 aromatic carbocycles. The third kappa shape index (κ3) is 4.74. The maximum atomic E-state index is 9.91. The highest BCUT2D eigenvalue weighted by Gasteiger charge is 1.89. The summed E-state index contributed by atoms with van der Waals surface area (Å²) >= 11 is 0. The van der Waals surface area contributed by atoms with Crippen molar-refractivity contribution in [2.75, 3.05) is 0 Å². The average Bonchev–Trinajstić information content (AvgIpc) is 1.61. The maximum absolute atomic E-state index is 9.91. The van der Waals surface area contributed by atoms with E-state index in [4.69, 9.17) is 11.1 Å². The van der Waals surface area contributed by atoms with Crippen molar-refractivity contribution in [1.82, 2.24) is 5.48 Å². The van der Waals surface area contributed by atoms with Crippen LogP contribution in [-0.4, -0.2) is 11.9 Å². The Morgan fingerprint density at radius 1 is 2.00 bits per heavy atom. The molecule has 0 aliphatic heterocycles. The lowest BCUT2D eigenvalue weighted by Gasteiger charge is -1.98. The predicted molar refractivity (Wildman–Crippen MR) is 27.9 cm³/mol. The normalized spacial score (nSPS) is 7.62. The number of rotatable bonds is 0. The van der Waals surface area contributed by atoms with Crippen LogP contribution in [0.4, 0.5) is 0 Å². The van der Waals surface area contributed by atoms with Gasteiger partial charge in [-0.3, -0.25) is 10.2 Å². The maximum Gasteiger partial charge on any atom is 1.00 e. The zero-order valence-corrected chi connectivity index (χ0v) is 4.39. The minimum absolute atomic E-state index is 0. The van der Waals surface area contributed by atoms with Gasteiger partial charge < -0.3 is 10.6 Å². The van der Waals surface area contributed by atoms with E-state index in [0.717, 1.165) is 0 Å². The van der Waals surface area contributed by atoms with Gasteiger partial charge in [0.2, 0.25) is 5.96 Å². The van der Waals surface area contributed by atoms with E-state index in [9.17, 15) is 4.79 Å². The predicted octanol–water partition coefficient (Wildman–Crippen LogP) is -0.940. The molecule has 0 bridgehead atoms. The molecule has 46 valence electrons. The fourth-order valence-electron chi connectivity index (χ4n) is 0.127. The van der Waals surface area contributed by atoms with Crippen LogP contribution in [0.5, 0.6) is 0 Å². The van der Waals surface area contributed by atoms with E-state index in [1.807, 2.05) is 5.48 Å². The van der Waals surface area contributed by atoms with Gasteiger partial charge in [0.15, 0.2) is 0 Å². The second-order valence-corrected chi connectivity index (χ2v) is 1.11. The monoisotopic (exact) mass is 118 g/mol. The summed E-state index contributed by atoms with van der Waals surface area (Å²) < 4.78 is 0. The summed E-state index contributed by atoms with van der Waals surface area (Å²) in [6.45, 7) is 1.20. The van der Waals surface area contributed by atoms with Gasteiger partial charge >= 0.3 is 7.40 Å². The van der Waals surface area contributed by atoms with Crippen LogP contribution >= 0.6 is 0 Å². The highest BCUT2D eigenvalue weighted by molar-refractivity contribution is 5.75. The van der Waals surface area contributed by atoms with Gasteiger partial charge in [-0.15, -0.1) is 0 Å².